The Bertz CT molecular complexity index is 2580. The minimum atomic E-state index is -3.93. The number of aromatic nitrogens is 2. The Balaban J connectivity index is 1.05. The Morgan fingerprint density at radius 1 is 0.938 bits per heavy atom. The molecule has 3 aliphatic heterocycles. The molecule has 4 fully saturated rings. The summed E-state index contributed by atoms with van der Waals surface area (Å²) in [5, 5.41) is 5.84. The van der Waals surface area contributed by atoms with Crippen molar-refractivity contribution in [2.24, 2.45) is 5.92 Å². The molecule has 2 aromatic carbocycles. The maximum Gasteiger partial charge on any atom is 0.408 e. The van der Waals surface area contributed by atoms with Gasteiger partial charge in [-0.3, -0.25) is 19.1 Å². The zero-order valence-corrected chi connectivity index (χ0v) is 37.3. The minimum Gasteiger partial charge on any atom is -0.470 e. The Morgan fingerprint density at radius 3 is 2.45 bits per heavy atom. The summed E-state index contributed by atoms with van der Waals surface area (Å²) in [6, 6.07) is 13.3. The van der Waals surface area contributed by atoms with Crippen molar-refractivity contribution in [3.63, 3.8) is 0 Å². The van der Waals surface area contributed by atoms with Gasteiger partial charge in [0.05, 0.1) is 25.0 Å². The first kappa shape index (κ1) is 43.7. The number of furan rings is 1. The van der Waals surface area contributed by atoms with Gasteiger partial charge < -0.3 is 34.2 Å². The van der Waals surface area contributed by atoms with Crippen LogP contribution in [0, 0.1) is 5.92 Å². The SMILES string of the molecule is CC(C)(C)c1ccc(-c2nc(O[C@@H]3C[C@H]4C(=O)N[C@]5(C(=O)NS(=O)(=O)C6CC6)C[C@@H]5/C=C\CCCCC[C@H](NC(=O)OC5CCOCC5)C(=O)N4C3)c3oc4ccccc4c3n2)cc1. The second kappa shape index (κ2) is 17.4. The third kappa shape index (κ3) is 9.19. The van der Waals surface area contributed by atoms with Crippen LogP contribution in [-0.4, -0.2) is 102 Å². The van der Waals surface area contributed by atoms with Gasteiger partial charge in [0.25, 0.3) is 11.8 Å². The fraction of sp³-hybridized carbons (Fsp3) is 0.532. The highest BCUT2D eigenvalue weighted by Gasteiger charge is 2.62. The van der Waals surface area contributed by atoms with E-state index in [4.69, 9.17) is 28.6 Å². The van der Waals surface area contributed by atoms with Crippen LogP contribution in [-0.2, 0) is 39.3 Å². The predicted octanol–water partition coefficient (Wildman–Crippen LogP) is 5.97. The molecule has 4 aromatic rings. The van der Waals surface area contributed by atoms with Gasteiger partial charge in [0, 0.05) is 36.1 Å². The van der Waals surface area contributed by atoms with Gasteiger partial charge in [-0.25, -0.2) is 18.2 Å². The van der Waals surface area contributed by atoms with E-state index < -0.39 is 68.7 Å². The molecular weight excluding hydrogens is 841 g/mol. The second-order valence-corrected chi connectivity index (χ2v) is 20.8. The molecule has 3 N–H and O–H groups in total. The van der Waals surface area contributed by atoms with Crippen LogP contribution in [0.5, 0.6) is 5.88 Å². The molecule has 0 radical (unpaired) electrons. The monoisotopic (exact) mass is 896 g/mol. The van der Waals surface area contributed by atoms with Gasteiger partial charge in [-0.2, -0.15) is 4.98 Å². The lowest BCUT2D eigenvalue weighted by Gasteiger charge is -2.30. The molecule has 17 heteroatoms. The molecule has 5 heterocycles. The van der Waals surface area contributed by atoms with Crippen LogP contribution >= 0.6 is 0 Å². The molecule has 2 saturated heterocycles. The predicted molar refractivity (Wildman–Crippen MR) is 237 cm³/mol. The summed E-state index contributed by atoms with van der Waals surface area (Å²) in [4.78, 5) is 68.1. The topological polar surface area (TPSA) is 208 Å². The smallest absolute Gasteiger partial charge is 0.408 e. The van der Waals surface area contributed by atoms with Gasteiger partial charge in [-0.05, 0) is 61.6 Å². The molecule has 16 nitrogen and oxygen atoms in total. The number of hydrogen-bond acceptors (Lipinski definition) is 12. The molecular formula is C47H56N6O10S. The Morgan fingerprint density at radius 2 is 1.70 bits per heavy atom. The molecule has 2 saturated carbocycles. The highest BCUT2D eigenvalue weighted by Crippen LogP contribution is 2.46. The van der Waals surface area contributed by atoms with Gasteiger partial charge in [-0.15, -0.1) is 0 Å². The van der Waals surface area contributed by atoms with E-state index in [9.17, 15) is 27.6 Å². The van der Waals surface area contributed by atoms with Crippen LogP contribution in [0.15, 0.2) is 65.1 Å². The number of alkyl carbamates (subject to hydrolysis) is 1. The Labute approximate surface area is 372 Å². The van der Waals surface area contributed by atoms with Crippen LogP contribution in [0.2, 0.25) is 0 Å². The number of hydrogen-bond donors (Lipinski definition) is 3. The summed E-state index contributed by atoms with van der Waals surface area (Å²) >= 11 is 0. The van der Waals surface area contributed by atoms with Gasteiger partial charge >= 0.3 is 6.09 Å². The maximum absolute atomic E-state index is 14.9. The molecule has 340 valence electrons. The zero-order valence-electron chi connectivity index (χ0n) is 36.5. The molecule has 5 aliphatic rings. The summed E-state index contributed by atoms with van der Waals surface area (Å²) in [6.45, 7) is 7.27. The first-order valence-corrected chi connectivity index (χ1v) is 24.1. The molecule has 9 rings (SSSR count). The van der Waals surface area contributed by atoms with Crippen LogP contribution in [0.1, 0.15) is 97.0 Å². The fourth-order valence-corrected chi connectivity index (χ4v) is 10.4. The van der Waals surface area contributed by atoms with Crippen molar-refractivity contribution < 1.29 is 46.2 Å². The van der Waals surface area contributed by atoms with Crippen molar-refractivity contribution >= 4 is 55.9 Å². The summed E-state index contributed by atoms with van der Waals surface area (Å²) < 4.78 is 52.4. The molecule has 4 amide bonds. The molecule has 0 spiro atoms. The number of rotatable bonds is 8. The highest BCUT2D eigenvalue weighted by molar-refractivity contribution is 7.91. The highest BCUT2D eigenvalue weighted by atomic mass is 32.2. The number of ether oxygens (including phenoxy) is 3. The number of benzene rings is 2. The normalized spacial score (nSPS) is 26.5. The number of para-hydroxylation sites is 1. The lowest BCUT2D eigenvalue weighted by Crippen LogP contribution is -2.58. The molecule has 2 aromatic heterocycles. The van der Waals surface area contributed by atoms with E-state index in [2.05, 4.69) is 36.1 Å². The van der Waals surface area contributed by atoms with Gasteiger partial charge in [0.15, 0.2) is 5.82 Å². The summed E-state index contributed by atoms with van der Waals surface area (Å²) in [5.41, 5.74) is 1.68. The van der Waals surface area contributed by atoms with E-state index in [-0.39, 0.29) is 36.8 Å². The summed E-state index contributed by atoms with van der Waals surface area (Å²) in [6.07, 6.45) is 7.18. The van der Waals surface area contributed by atoms with Crippen molar-refractivity contribution in [3.8, 4) is 17.3 Å². The summed E-state index contributed by atoms with van der Waals surface area (Å²) in [7, 11) is -3.93. The number of nitrogens with zero attached hydrogens (tertiary/aromatic N) is 3. The van der Waals surface area contributed by atoms with Crippen molar-refractivity contribution in [2.45, 2.75) is 132 Å². The Kier molecular flexibility index (Phi) is 11.9. The van der Waals surface area contributed by atoms with Crippen molar-refractivity contribution in [3.05, 3.63) is 66.2 Å². The second-order valence-electron chi connectivity index (χ2n) is 18.9. The van der Waals surface area contributed by atoms with E-state index >= 15 is 0 Å². The number of carbonyl (C=O) groups is 4. The largest absolute Gasteiger partial charge is 0.470 e. The maximum atomic E-state index is 14.9. The lowest BCUT2D eigenvalue weighted by atomic mass is 9.87. The Hall–Kier alpha value is -5.55. The van der Waals surface area contributed by atoms with Crippen LogP contribution in [0.3, 0.4) is 0 Å². The quantitative estimate of drug-likeness (QED) is 0.175. The van der Waals surface area contributed by atoms with Crippen LogP contribution in [0.4, 0.5) is 4.79 Å². The molecule has 2 aliphatic carbocycles. The van der Waals surface area contributed by atoms with Gasteiger partial charge in [0.1, 0.15) is 40.9 Å². The number of fused-ring (bicyclic) bond motifs is 5. The molecule has 64 heavy (non-hydrogen) atoms. The van der Waals surface area contributed by atoms with Gasteiger partial charge in [0.2, 0.25) is 27.4 Å². The summed E-state index contributed by atoms with van der Waals surface area (Å²) in [5.74, 6) is -1.90. The van der Waals surface area contributed by atoms with E-state index in [1.165, 1.54) is 4.90 Å². The molecule has 5 atom stereocenters. The first-order chi connectivity index (χ1) is 30.7. The van der Waals surface area contributed by atoms with E-state index in [0.717, 1.165) is 29.4 Å². The number of nitrogens with one attached hydrogen (secondary N) is 3. The first-order valence-electron chi connectivity index (χ1n) is 22.6. The van der Waals surface area contributed by atoms with Crippen molar-refractivity contribution in [1.82, 2.24) is 30.2 Å². The molecule has 0 unspecified atom stereocenters. The van der Waals surface area contributed by atoms with Crippen LogP contribution < -0.4 is 20.1 Å². The molecule has 0 bridgehead atoms. The van der Waals surface area contributed by atoms with Gasteiger partial charge in [-0.1, -0.05) is 82.2 Å². The number of carbonyl (C=O) groups excluding carboxylic acids is 4. The van der Waals surface area contributed by atoms with Crippen molar-refractivity contribution in [2.75, 3.05) is 19.8 Å². The number of sulfonamides is 1. The standard InChI is InChI=1S/C47H56N6O10S/c1-46(2,3)29-17-15-28(16-18-29)40-49-38-34-12-9-10-14-37(34)63-39(38)42(50-40)61-32-25-36-41(54)51-47(44(56)52-64(58,59)33-19-20-33)26-30(47)11-7-5-4-6-8-13-35(43(55)53(36)27-32)48-45(57)62-31-21-23-60-24-22-31/h7,9-12,14-18,30-33,35-36H,4-6,8,13,19-27H2,1-3H3,(H,48,57)(H,51,54)(H,52,56)/b11-7-/t30-,32+,35-,36-,47+/m0/s1. The minimum absolute atomic E-state index is 0.0171. The third-order valence-corrected chi connectivity index (χ3v) is 14.9. The van der Waals surface area contributed by atoms with E-state index in [1.54, 1.807) is 0 Å². The lowest BCUT2D eigenvalue weighted by molar-refractivity contribution is -0.141. The number of amides is 4. The fourth-order valence-electron chi connectivity index (χ4n) is 9.02. The third-order valence-electron chi connectivity index (χ3n) is 13.1. The van der Waals surface area contributed by atoms with Crippen molar-refractivity contribution in [1.29, 1.82) is 0 Å². The zero-order chi connectivity index (χ0) is 44.8. The van der Waals surface area contributed by atoms with Crippen LogP contribution in [0.25, 0.3) is 33.5 Å². The van der Waals surface area contributed by atoms with E-state index in [0.29, 0.717) is 80.7 Å². The number of allylic oxidation sites excluding steroid dienone is 1. The average Bonchev–Trinajstić information content (AvgIpc) is 4.17. The average molecular weight is 897 g/mol. The van der Waals surface area contributed by atoms with E-state index in [1.807, 2.05) is 60.7 Å².